The molecule has 0 saturated heterocycles. The van der Waals surface area contributed by atoms with Crippen LogP contribution in [0.25, 0.3) is 0 Å². The largest absolute Gasteiger partial charge is 0.496 e. The molecule has 3 N–H and O–H groups in total. The zero-order chi connectivity index (χ0) is 12.1. The lowest BCUT2D eigenvalue weighted by Crippen LogP contribution is -2.26. The number of hydrogen-bond acceptors (Lipinski definition) is 3. The summed E-state index contributed by atoms with van der Waals surface area (Å²) >= 11 is 0. The first-order valence-corrected chi connectivity index (χ1v) is 5.68. The van der Waals surface area contributed by atoms with Gasteiger partial charge in [0.05, 0.1) is 19.3 Å². The topological polar surface area (TPSA) is 55.5 Å². The molecule has 0 aliphatic carbocycles. The molecular formula is C13H21NO2. The Morgan fingerprint density at radius 3 is 2.62 bits per heavy atom. The number of nitrogens with two attached hydrogens (primary N) is 1. The fraction of sp³-hybridized carbons (Fsp3) is 0.538. The maximum Gasteiger partial charge on any atom is 0.121 e. The lowest BCUT2D eigenvalue weighted by molar-refractivity contribution is 0.134. The van der Waals surface area contributed by atoms with E-state index < -0.39 is 6.10 Å². The van der Waals surface area contributed by atoms with Crippen LogP contribution >= 0.6 is 0 Å². The first kappa shape index (κ1) is 13.0. The molecule has 3 nitrogen and oxygen atoms in total. The minimum atomic E-state index is -0.474. The van der Waals surface area contributed by atoms with Gasteiger partial charge in [-0.05, 0) is 30.5 Å². The van der Waals surface area contributed by atoms with Crippen LogP contribution in [0.2, 0.25) is 0 Å². The summed E-state index contributed by atoms with van der Waals surface area (Å²) in [7, 11) is 1.65. The van der Waals surface area contributed by atoms with Gasteiger partial charge in [-0.3, -0.25) is 0 Å². The van der Waals surface area contributed by atoms with Gasteiger partial charge in [-0.2, -0.15) is 0 Å². The summed E-state index contributed by atoms with van der Waals surface area (Å²) in [6, 6.07) is 5.46. The standard InChI is InChI=1S/C13H21NO2/c1-4-5-11(15)13(14)10-6-7-12(16-3)9(2)8-10/h6-8,11,13,15H,4-5,14H2,1-3H3/t11-,13+/m1/s1. The number of methoxy groups -OCH3 is 1. The molecule has 0 aliphatic rings. The van der Waals surface area contributed by atoms with Crippen molar-refractivity contribution in [1.82, 2.24) is 0 Å². The molecule has 90 valence electrons. The van der Waals surface area contributed by atoms with Crippen molar-refractivity contribution < 1.29 is 9.84 Å². The van der Waals surface area contributed by atoms with Crippen LogP contribution in [0.3, 0.4) is 0 Å². The second kappa shape index (κ2) is 5.87. The summed E-state index contributed by atoms with van der Waals surface area (Å²) in [4.78, 5) is 0. The van der Waals surface area contributed by atoms with E-state index >= 15 is 0 Å². The third-order valence-electron chi connectivity index (χ3n) is 2.80. The van der Waals surface area contributed by atoms with Gasteiger partial charge in [0.2, 0.25) is 0 Å². The van der Waals surface area contributed by atoms with Gasteiger partial charge < -0.3 is 15.6 Å². The van der Waals surface area contributed by atoms with Crippen LogP contribution in [0.5, 0.6) is 5.75 Å². The van der Waals surface area contributed by atoms with Crippen LogP contribution < -0.4 is 10.5 Å². The third kappa shape index (κ3) is 2.97. The number of benzene rings is 1. The highest BCUT2D eigenvalue weighted by Gasteiger charge is 2.16. The Labute approximate surface area is 97.2 Å². The number of rotatable bonds is 5. The van der Waals surface area contributed by atoms with Gasteiger partial charge in [0.15, 0.2) is 0 Å². The summed E-state index contributed by atoms with van der Waals surface area (Å²) in [6.07, 6.45) is 1.19. The quantitative estimate of drug-likeness (QED) is 0.804. The van der Waals surface area contributed by atoms with E-state index in [0.29, 0.717) is 0 Å². The molecule has 0 fully saturated rings. The summed E-state index contributed by atoms with van der Waals surface area (Å²) in [6.45, 7) is 4.01. The van der Waals surface area contributed by atoms with Gasteiger partial charge in [-0.15, -0.1) is 0 Å². The molecule has 1 aromatic rings. The number of aryl methyl sites for hydroxylation is 1. The smallest absolute Gasteiger partial charge is 0.121 e. The predicted octanol–water partition coefficient (Wildman–Crippen LogP) is 2.16. The molecule has 0 saturated carbocycles. The van der Waals surface area contributed by atoms with Gasteiger partial charge >= 0.3 is 0 Å². The minimum Gasteiger partial charge on any atom is -0.496 e. The van der Waals surface area contributed by atoms with Crippen LogP contribution in [0.4, 0.5) is 0 Å². The van der Waals surface area contributed by atoms with Crippen molar-refractivity contribution in [3.8, 4) is 5.75 Å². The number of aliphatic hydroxyl groups excluding tert-OH is 1. The summed E-state index contributed by atoms with van der Waals surface area (Å²) < 4.78 is 5.18. The van der Waals surface area contributed by atoms with E-state index in [4.69, 9.17) is 10.5 Å². The third-order valence-corrected chi connectivity index (χ3v) is 2.80. The van der Waals surface area contributed by atoms with E-state index in [2.05, 4.69) is 0 Å². The van der Waals surface area contributed by atoms with E-state index in [-0.39, 0.29) is 6.04 Å². The molecular weight excluding hydrogens is 202 g/mol. The fourth-order valence-corrected chi connectivity index (χ4v) is 1.81. The molecule has 2 atom stereocenters. The molecule has 0 radical (unpaired) electrons. The predicted molar refractivity (Wildman–Crippen MR) is 65.6 cm³/mol. The highest BCUT2D eigenvalue weighted by atomic mass is 16.5. The Balaban J connectivity index is 2.84. The van der Waals surface area contributed by atoms with Gasteiger partial charge in [0.25, 0.3) is 0 Å². The zero-order valence-corrected chi connectivity index (χ0v) is 10.2. The van der Waals surface area contributed by atoms with Crippen molar-refractivity contribution in [2.24, 2.45) is 5.73 Å². The van der Waals surface area contributed by atoms with E-state index in [0.717, 1.165) is 29.7 Å². The molecule has 1 rings (SSSR count). The molecule has 3 heteroatoms. The molecule has 0 spiro atoms. The average molecular weight is 223 g/mol. The van der Waals surface area contributed by atoms with Gasteiger partial charge in [0.1, 0.15) is 5.75 Å². The Morgan fingerprint density at radius 2 is 2.12 bits per heavy atom. The number of aliphatic hydroxyl groups is 1. The monoisotopic (exact) mass is 223 g/mol. The molecule has 0 bridgehead atoms. The second-order valence-corrected chi connectivity index (χ2v) is 4.11. The second-order valence-electron chi connectivity index (χ2n) is 4.11. The van der Waals surface area contributed by atoms with Crippen LogP contribution in [0.1, 0.15) is 36.9 Å². The average Bonchev–Trinajstić information content (AvgIpc) is 2.28. The molecule has 0 amide bonds. The number of hydrogen-bond donors (Lipinski definition) is 2. The summed E-state index contributed by atoms with van der Waals surface area (Å²) in [5.74, 6) is 0.848. The van der Waals surface area contributed by atoms with Crippen LogP contribution in [-0.4, -0.2) is 18.3 Å². The van der Waals surface area contributed by atoms with Crippen molar-refractivity contribution in [2.75, 3.05) is 7.11 Å². The molecule has 0 heterocycles. The lowest BCUT2D eigenvalue weighted by Gasteiger charge is -2.19. The first-order valence-electron chi connectivity index (χ1n) is 5.68. The first-order chi connectivity index (χ1) is 7.60. The Hall–Kier alpha value is -1.06. The van der Waals surface area contributed by atoms with Gasteiger partial charge in [0, 0.05) is 0 Å². The zero-order valence-electron chi connectivity index (χ0n) is 10.2. The highest BCUT2D eigenvalue weighted by molar-refractivity contribution is 5.37. The maximum absolute atomic E-state index is 9.83. The van der Waals surface area contributed by atoms with E-state index in [1.54, 1.807) is 7.11 Å². The Kier molecular flexibility index (Phi) is 4.77. The van der Waals surface area contributed by atoms with Crippen LogP contribution in [0.15, 0.2) is 18.2 Å². The van der Waals surface area contributed by atoms with Crippen molar-refractivity contribution in [1.29, 1.82) is 0 Å². The molecule has 0 aliphatic heterocycles. The van der Waals surface area contributed by atoms with E-state index in [1.165, 1.54) is 0 Å². The summed E-state index contributed by atoms with van der Waals surface area (Å²) in [5, 5.41) is 9.83. The Bertz CT molecular complexity index is 339. The molecule has 0 aromatic heterocycles. The normalized spacial score (nSPS) is 14.6. The number of ether oxygens (including phenoxy) is 1. The molecule has 16 heavy (non-hydrogen) atoms. The van der Waals surface area contributed by atoms with Crippen LogP contribution in [-0.2, 0) is 0 Å². The van der Waals surface area contributed by atoms with Crippen molar-refractivity contribution in [3.63, 3.8) is 0 Å². The fourth-order valence-electron chi connectivity index (χ4n) is 1.81. The van der Waals surface area contributed by atoms with E-state index in [9.17, 15) is 5.11 Å². The highest BCUT2D eigenvalue weighted by Crippen LogP contribution is 2.24. The van der Waals surface area contributed by atoms with Crippen LogP contribution in [0, 0.1) is 6.92 Å². The Morgan fingerprint density at radius 1 is 1.44 bits per heavy atom. The van der Waals surface area contributed by atoms with Gasteiger partial charge in [-0.1, -0.05) is 25.5 Å². The van der Waals surface area contributed by atoms with Gasteiger partial charge in [-0.25, -0.2) is 0 Å². The van der Waals surface area contributed by atoms with E-state index in [1.807, 2.05) is 32.0 Å². The summed E-state index contributed by atoms with van der Waals surface area (Å²) in [5.41, 5.74) is 7.99. The lowest BCUT2D eigenvalue weighted by atomic mass is 9.97. The van der Waals surface area contributed by atoms with Crippen molar-refractivity contribution in [3.05, 3.63) is 29.3 Å². The van der Waals surface area contributed by atoms with Crippen molar-refractivity contribution in [2.45, 2.75) is 38.8 Å². The van der Waals surface area contributed by atoms with Crippen molar-refractivity contribution >= 4 is 0 Å². The molecule has 0 unspecified atom stereocenters. The maximum atomic E-state index is 9.83. The minimum absolute atomic E-state index is 0.315. The SMILES string of the molecule is CCC[C@@H](O)[C@@H](N)c1ccc(OC)c(C)c1. The molecule has 1 aromatic carbocycles.